The van der Waals surface area contributed by atoms with Crippen LogP contribution in [0.25, 0.3) is 0 Å². The molecule has 1 fully saturated rings. The quantitative estimate of drug-likeness (QED) is 0.735. The molecule has 4 heteroatoms. The summed E-state index contributed by atoms with van der Waals surface area (Å²) in [6, 6.07) is 0.297. The van der Waals surface area contributed by atoms with Crippen molar-refractivity contribution in [1.82, 2.24) is 10.2 Å². The molecule has 0 spiro atoms. The summed E-state index contributed by atoms with van der Waals surface area (Å²) >= 11 is 0. The van der Waals surface area contributed by atoms with E-state index in [4.69, 9.17) is 4.74 Å². The molecular weight excluding hydrogens is 264 g/mol. The number of nitrogens with one attached hydrogen (secondary N) is 1. The molecule has 1 aliphatic heterocycles. The van der Waals surface area contributed by atoms with E-state index >= 15 is 0 Å². The first-order valence-corrected chi connectivity index (χ1v) is 8.42. The van der Waals surface area contributed by atoms with Gasteiger partial charge in [-0.3, -0.25) is 4.79 Å². The van der Waals surface area contributed by atoms with Crippen LogP contribution in [-0.2, 0) is 9.53 Å². The Morgan fingerprint density at radius 3 is 2.33 bits per heavy atom. The van der Waals surface area contributed by atoms with Gasteiger partial charge in [-0.05, 0) is 18.3 Å². The van der Waals surface area contributed by atoms with E-state index in [0.29, 0.717) is 24.7 Å². The summed E-state index contributed by atoms with van der Waals surface area (Å²) in [7, 11) is 0. The molecule has 1 amide bonds. The number of unbranched alkanes of at least 4 members (excludes halogenated alkanes) is 1. The second-order valence-electron chi connectivity index (χ2n) is 7.62. The largest absolute Gasteiger partial charge is 0.378 e. The Morgan fingerprint density at radius 1 is 1.19 bits per heavy atom. The number of amides is 1. The maximum absolute atomic E-state index is 12.6. The van der Waals surface area contributed by atoms with Crippen LogP contribution in [0.1, 0.15) is 60.3 Å². The molecule has 1 N–H and O–H groups in total. The van der Waals surface area contributed by atoms with Gasteiger partial charge in [0.2, 0.25) is 5.91 Å². The molecule has 1 unspecified atom stereocenters. The number of carbonyl (C=O) groups excluding carboxylic acids is 1. The van der Waals surface area contributed by atoms with Gasteiger partial charge in [0.25, 0.3) is 0 Å². The average Bonchev–Trinajstić information content (AvgIpc) is 2.41. The molecule has 0 aromatic heterocycles. The first kappa shape index (κ1) is 18.4. The second kappa shape index (κ2) is 8.74. The predicted octanol–water partition coefficient (Wildman–Crippen LogP) is 2.82. The summed E-state index contributed by atoms with van der Waals surface area (Å²) in [5.74, 6) is 0.253. The van der Waals surface area contributed by atoms with Gasteiger partial charge in [-0.1, -0.05) is 47.5 Å². The van der Waals surface area contributed by atoms with Crippen molar-refractivity contribution in [3.63, 3.8) is 0 Å². The lowest BCUT2D eigenvalue weighted by atomic mass is 9.89. The van der Waals surface area contributed by atoms with Crippen LogP contribution in [0.5, 0.6) is 0 Å². The van der Waals surface area contributed by atoms with Gasteiger partial charge in [-0.2, -0.15) is 0 Å². The van der Waals surface area contributed by atoms with Crippen LogP contribution in [0.3, 0.4) is 0 Å². The van der Waals surface area contributed by atoms with Crippen molar-refractivity contribution in [3.8, 4) is 0 Å². The standard InChI is InChI=1S/C17H34N2O2/c1-14(2)18-15(8-6-7-9-17(3,4)5)16(20)19-10-12-21-13-11-19/h14-15,18H,6-13H2,1-5H3. The van der Waals surface area contributed by atoms with E-state index in [0.717, 1.165) is 25.9 Å². The van der Waals surface area contributed by atoms with Crippen LogP contribution >= 0.6 is 0 Å². The molecule has 0 radical (unpaired) electrons. The fourth-order valence-electron chi connectivity index (χ4n) is 2.69. The van der Waals surface area contributed by atoms with Gasteiger partial charge >= 0.3 is 0 Å². The van der Waals surface area contributed by atoms with Crippen LogP contribution in [0.2, 0.25) is 0 Å². The zero-order valence-corrected chi connectivity index (χ0v) is 14.6. The van der Waals surface area contributed by atoms with E-state index in [-0.39, 0.29) is 11.9 Å². The van der Waals surface area contributed by atoms with Crippen molar-refractivity contribution < 1.29 is 9.53 Å². The molecule has 1 aliphatic rings. The molecule has 0 bridgehead atoms. The molecule has 0 aromatic rings. The number of morpholine rings is 1. The summed E-state index contributed by atoms with van der Waals surface area (Å²) in [6.07, 6.45) is 4.45. The third-order valence-electron chi connectivity index (χ3n) is 3.82. The number of rotatable bonds is 7. The topological polar surface area (TPSA) is 41.6 Å². The fraction of sp³-hybridized carbons (Fsp3) is 0.941. The van der Waals surface area contributed by atoms with Crippen LogP contribution in [0.4, 0.5) is 0 Å². The Hall–Kier alpha value is -0.610. The van der Waals surface area contributed by atoms with Gasteiger partial charge in [0.05, 0.1) is 19.3 Å². The summed E-state index contributed by atoms with van der Waals surface area (Å²) in [5.41, 5.74) is 0.384. The SMILES string of the molecule is CC(C)NC(CCCCC(C)(C)C)C(=O)N1CCOCC1. The highest BCUT2D eigenvalue weighted by Gasteiger charge is 2.25. The van der Waals surface area contributed by atoms with Crippen LogP contribution in [-0.4, -0.2) is 49.2 Å². The van der Waals surface area contributed by atoms with E-state index in [2.05, 4.69) is 39.9 Å². The fourth-order valence-corrected chi connectivity index (χ4v) is 2.69. The van der Waals surface area contributed by atoms with E-state index in [1.54, 1.807) is 0 Å². The van der Waals surface area contributed by atoms with Crippen LogP contribution < -0.4 is 5.32 Å². The minimum Gasteiger partial charge on any atom is -0.378 e. The Labute approximate surface area is 130 Å². The molecule has 1 heterocycles. The van der Waals surface area contributed by atoms with Crippen molar-refractivity contribution in [2.24, 2.45) is 5.41 Å². The van der Waals surface area contributed by atoms with Crippen molar-refractivity contribution in [2.75, 3.05) is 26.3 Å². The number of hydrogen-bond donors (Lipinski definition) is 1. The van der Waals surface area contributed by atoms with Crippen molar-refractivity contribution in [1.29, 1.82) is 0 Å². The summed E-state index contributed by atoms with van der Waals surface area (Å²) in [6.45, 7) is 13.8. The minimum absolute atomic E-state index is 0.0388. The van der Waals surface area contributed by atoms with E-state index < -0.39 is 0 Å². The van der Waals surface area contributed by atoms with E-state index in [9.17, 15) is 4.79 Å². The molecule has 0 aliphatic carbocycles. The smallest absolute Gasteiger partial charge is 0.239 e. The molecular formula is C17H34N2O2. The Kier molecular flexibility index (Phi) is 7.67. The number of carbonyl (C=O) groups is 1. The van der Waals surface area contributed by atoms with Crippen LogP contribution in [0.15, 0.2) is 0 Å². The van der Waals surface area contributed by atoms with Crippen molar-refractivity contribution in [3.05, 3.63) is 0 Å². The third kappa shape index (κ3) is 7.82. The molecule has 124 valence electrons. The van der Waals surface area contributed by atoms with Crippen LogP contribution in [0, 0.1) is 5.41 Å². The first-order valence-electron chi connectivity index (χ1n) is 8.42. The zero-order valence-electron chi connectivity index (χ0n) is 14.6. The molecule has 0 aromatic carbocycles. The Balaban J connectivity index is 2.44. The monoisotopic (exact) mass is 298 g/mol. The molecule has 1 atom stereocenters. The number of ether oxygens (including phenoxy) is 1. The lowest BCUT2D eigenvalue weighted by molar-refractivity contribution is -0.138. The minimum atomic E-state index is -0.0388. The second-order valence-corrected chi connectivity index (χ2v) is 7.62. The maximum Gasteiger partial charge on any atom is 0.239 e. The summed E-state index contributed by atoms with van der Waals surface area (Å²) < 4.78 is 5.33. The van der Waals surface area contributed by atoms with E-state index in [1.807, 2.05) is 4.90 Å². The highest BCUT2D eigenvalue weighted by atomic mass is 16.5. The normalized spacial score (nSPS) is 18.1. The summed E-state index contributed by atoms with van der Waals surface area (Å²) in [5, 5.41) is 3.44. The molecule has 1 saturated heterocycles. The predicted molar refractivity (Wildman–Crippen MR) is 87.4 cm³/mol. The van der Waals surface area contributed by atoms with Gasteiger partial charge in [0.15, 0.2) is 0 Å². The van der Waals surface area contributed by atoms with Gasteiger partial charge in [0.1, 0.15) is 0 Å². The lowest BCUT2D eigenvalue weighted by Crippen LogP contribution is -2.51. The average molecular weight is 298 g/mol. The van der Waals surface area contributed by atoms with Gasteiger partial charge in [-0.15, -0.1) is 0 Å². The maximum atomic E-state index is 12.6. The highest BCUT2D eigenvalue weighted by molar-refractivity contribution is 5.82. The number of nitrogens with zero attached hydrogens (tertiary/aromatic N) is 1. The molecule has 21 heavy (non-hydrogen) atoms. The van der Waals surface area contributed by atoms with E-state index in [1.165, 1.54) is 12.8 Å². The Morgan fingerprint density at radius 2 is 1.81 bits per heavy atom. The van der Waals surface area contributed by atoms with Gasteiger partial charge < -0.3 is 15.0 Å². The van der Waals surface area contributed by atoms with Crippen molar-refractivity contribution >= 4 is 5.91 Å². The summed E-state index contributed by atoms with van der Waals surface area (Å²) in [4.78, 5) is 14.6. The molecule has 0 saturated carbocycles. The number of hydrogen-bond acceptors (Lipinski definition) is 3. The van der Waals surface area contributed by atoms with Crippen molar-refractivity contribution in [2.45, 2.75) is 72.4 Å². The lowest BCUT2D eigenvalue weighted by Gasteiger charge is -2.31. The molecule has 1 rings (SSSR count). The molecule has 4 nitrogen and oxygen atoms in total. The van der Waals surface area contributed by atoms with Gasteiger partial charge in [-0.25, -0.2) is 0 Å². The first-order chi connectivity index (χ1) is 9.79. The highest BCUT2D eigenvalue weighted by Crippen LogP contribution is 2.22. The van der Waals surface area contributed by atoms with Gasteiger partial charge in [0, 0.05) is 19.1 Å². The third-order valence-corrected chi connectivity index (χ3v) is 3.82. The Bertz CT molecular complexity index is 304. The zero-order chi connectivity index (χ0) is 15.9.